The Balaban J connectivity index is 3.00. The summed E-state index contributed by atoms with van der Waals surface area (Å²) in [5.41, 5.74) is 5.77. The molecule has 88 valence electrons. The zero-order valence-corrected chi connectivity index (χ0v) is 9.82. The van der Waals surface area contributed by atoms with E-state index < -0.39 is 21.9 Å². The molecule has 0 aromatic heterocycles. The normalized spacial score (nSPS) is 13.1. The van der Waals surface area contributed by atoms with Crippen LogP contribution in [-0.4, -0.2) is 20.6 Å². The van der Waals surface area contributed by atoms with Crippen molar-refractivity contribution in [2.45, 2.75) is 12.8 Å². The lowest BCUT2D eigenvalue weighted by Crippen LogP contribution is -2.18. The van der Waals surface area contributed by atoms with Crippen LogP contribution in [0, 0.1) is 0 Å². The molecule has 2 N–H and O–H groups in total. The minimum Gasteiger partial charge on any atom is -0.383 e. The quantitative estimate of drug-likeness (QED) is 0.785. The highest BCUT2D eigenvalue weighted by Crippen LogP contribution is 2.21. The van der Waals surface area contributed by atoms with Crippen LogP contribution in [0.15, 0.2) is 24.3 Å². The van der Waals surface area contributed by atoms with Gasteiger partial charge in [-0.15, -0.1) is 0 Å². The highest BCUT2D eigenvalue weighted by atomic mass is 32.2. The van der Waals surface area contributed by atoms with E-state index in [-0.39, 0.29) is 5.75 Å². The molecule has 1 aromatic carbocycles. The van der Waals surface area contributed by atoms with Crippen LogP contribution in [0.5, 0.6) is 5.75 Å². The molecular weight excluding hydrogens is 230 g/mol. The number of benzene rings is 1. The van der Waals surface area contributed by atoms with E-state index in [1.165, 1.54) is 12.1 Å². The van der Waals surface area contributed by atoms with Crippen molar-refractivity contribution in [2.75, 3.05) is 6.26 Å². The average Bonchev–Trinajstić information content (AvgIpc) is 2.14. The Morgan fingerprint density at radius 3 is 2.56 bits per heavy atom. The summed E-state index contributed by atoms with van der Waals surface area (Å²) in [5, 5.41) is 0. The molecule has 0 heterocycles. The van der Waals surface area contributed by atoms with Gasteiger partial charge in [-0.1, -0.05) is 12.1 Å². The van der Waals surface area contributed by atoms with Gasteiger partial charge in [-0.2, -0.15) is 8.42 Å². The average molecular weight is 243 g/mol. The third-order valence-electron chi connectivity index (χ3n) is 2.03. The van der Waals surface area contributed by atoms with E-state index in [4.69, 9.17) is 9.92 Å². The van der Waals surface area contributed by atoms with Crippen LogP contribution in [0.25, 0.3) is 0 Å². The molecule has 0 bridgehead atoms. The lowest BCUT2D eigenvalue weighted by atomic mass is 10.0. The number of primary amides is 1. The van der Waals surface area contributed by atoms with Crippen molar-refractivity contribution < 1.29 is 17.4 Å². The molecule has 1 aromatic rings. The summed E-state index contributed by atoms with van der Waals surface area (Å²) in [6.07, 6.45) is 0.956. The maximum Gasteiger partial charge on any atom is 0.306 e. The van der Waals surface area contributed by atoms with Crippen molar-refractivity contribution in [1.29, 1.82) is 0 Å². The summed E-state index contributed by atoms with van der Waals surface area (Å²) < 4.78 is 26.5. The van der Waals surface area contributed by atoms with E-state index in [2.05, 4.69) is 0 Å². The molecule has 16 heavy (non-hydrogen) atoms. The molecule has 5 nitrogen and oxygen atoms in total. The van der Waals surface area contributed by atoms with Crippen molar-refractivity contribution in [1.82, 2.24) is 0 Å². The Bertz CT molecular complexity index is 495. The van der Waals surface area contributed by atoms with E-state index in [0.29, 0.717) is 5.56 Å². The first-order chi connectivity index (χ1) is 7.29. The lowest BCUT2D eigenvalue weighted by Gasteiger charge is -2.09. The van der Waals surface area contributed by atoms with Gasteiger partial charge in [0.05, 0.1) is 12.2 Å². The fourth-order valence-electron chi connectivity index (χ4n) is 1.17. The molecule has 0 spiro atoms. The van der Waals surface area contributed by atoms with Gasteiger partial charge in [0.2, 0.25) is 5.91 Å². The Morgan fingerprint density at radius 1 is 1.44 bits per heavy atom. The molecule has 0 saturated heterocycles. The van der Waals surface area contributed by atoms with Gasteiger partial charge >= 0.3 is 10.1 Å². The molecule has 0 fully saturated rings. The summed E-state index contributed by atoms with van der Waals surface area (Å²) in [4.78, 5) is 11.0. The topological polar surface area (TPSA) is 86.5 Å². The van der Waals surface area contributed by atoms with Crippen LogP contribution in [0.3, 0.4) is 0 Å². The Morgan fingerprint density at radius 2 is 2.06 bits per heavy atom. The number of carbonyl (C=O) groups is 1. The maximum atomic E-state index is 11.0. The highest BCUT2D eigenvalue weighted by molar-refractivity contribution is 7.86. The van der Waals surface area contributed by atoms with Crippen molar-refractivity contribution in [3.05, 3.63) is 29.8 Å². The fraction of sp³-hybridized carbons (Fsp3) is 0.300. The van der Waals surface area contributed by atoms with Gasteiger partial charge < -0.3 is 9.92 Å². The molecule has 0 radical (unpaired) electrons. The lowest BCUT2D eigenvalue weighted by molar-refractivity contribution is -0.119. The summed E-state index contributed by atoms with van der Waals surface area (Å²) >= 11 is 0. The number of nitrogens with two attached hydrogens (primary N) is 1. The number of hydrogen-bond donors (Lipinski definition) is 1. The van der Waals surface area contributed by atoms with Crippen molar-refractivity contribution in [2.24, 2.45) is 5.73 Å². The summed E-state index contributed by atoms with van der Waals surface area (Å²) in [5.74, 6) is -0.785. The second kappa shape index (κ2) is 4.52. The van der Waals surface area contributed by atoms with E-state index in [9.17, 15) is 13.2 Å². The van der Waals surface area contributed by atoms with Gasteiger partial charge in [-0.05, 0) is 24.6 Å². The van der Waals surface area contributed by atoms with Crippen LogP contribution >= 0.6 is 0 Å². The van der Waals surface area contributed by atoms with E-state index in [1.807, 2.05) is 0 Å². The minimum absolute atomic E-state index is 0.174. The third-order valence-corrected chi connectivity index (χ3v) is 2.53. The highest BCUT2D eigenvalue weighted by Gasteiger charge is 2.13. The van der Waals surface area contributed by atoms with Crippen molar-refractivity contribution in [3.63, 3.8) is 0 Å². The third kappa shape index (κ3) is 3.54. The predicted octanol–water partition coefficient (Wildman–Crippen LogP) is 0.614. The van der Waals surface area contributed by atoms with Gasteiger partial charge in [0, 0.05) is 0 Å². The molecule has 0 aliphatic heterocycles. The fourth-order valence-corrected chi connectivity index (χ4v) is 1.63. The van der Waals surface area contributed by atoms with Gasteiger partial charge in [0.25, 0.3) is 0 Å². The van der Waals surface area contributed by atoms with Gasteiger partial charge in [-0.25, -0.2) is 0 Å². The largest absolute Gasteiger partial charge is 0.383 e. The number of rotatable bonds is 4. The number of amides is 1. The van der Waals surface area contributed by atoms with Crippen molar-refractivity contribution in [3.8, 4) is 5.75 Å². The molecule has 1 atom stereocenters. The molecule has 0 aliphatic carbocycles. The molecule has 6 heteroatoms. The van der Waals surface area contributed by atoms with Crippen molar-refractivity contribution >= 4 is 16.0 Å². The number of hydrogen-bond acceptors (Lipinski definition) is 4. The monoisotopic (exact) mass is 243 g/mol. The Labute approximate surface area is 94.3 Å². The van der Waals surface area contributed by atoms with Crippen LogP contribution in [0.2, 0.25) is 0 Å². The molecule has 0 saturated carbocycles. The van der Waals surface area contributed by atoms with Crippen LogP contribution < -0.4 is 9.92 Å². The molecule has 1 unspecified atom stereocenters. The molecule has 0 aliphatic rings. The van der Waals surface area contributed by atoms with Gasteiger partial charge in [0.15, 0.2) is 0 Å². The minimum atomic E-state index is -3.56. The van der Waals surface area contributed by atoms with Gasteiger partial charge in [-0.3, -0.25) is 4.79 Å². The smallest absolute Gasteiger partial charge is 0.306 e. The van der Waals surface area contributed by atoms with Crippen LogP contribution in [0.4, 0.5) is 0 Å². The SMILES string of the molecule is CC(C(N)=O)c1cccc(OS(C)(=O)=O)c1. The Hall–Kier alpha value is -1.56. The first kappa shape index (κ1) is 12.5. The van der Waals surface area contributed by atoms with Crippen LogP contribution in [0.1, 0.15) is 18.4 Å². The van der Waals surface area contributed by atoms with E-state index in [1.54, 1.807) is 19.1 Å². The standard InChI is InChI=1S/C10H13NO4S/c1-7(10(11)12)8-4-3-5-9(6-8)15-16(2,13)14/h3-7H,1-2H3,(H2,11,12). The zero-order chi connectivity index (χ0) is 12.3. The van der Waals surface area contributed by atoms with E-state index in [0.717, 1.165) is 6.26 Å². The zero-order valence-electron chi connectivity index (χ0n) is 9.01. The van der Waals surface area contributed by atoms with Crippen LogP contribution in [-0.2, 0) is 14.9 Å². The summed E-state index contributed by atoms with van der Waals surface area (Å²) in [6, 6.07) is 6.27. The molecule has 1 amide bonds. The van der Waals surface area contributed by atoms with E-state index >= 15 is 0 Å². The second-order valence-corrected chi connectivity index (χ2v) is 5.06. The summed E-state index contributed by atoms with van der Waals surface area (Å²) in [7, 11) is -3.56. The first-order valence-corrected chi connectivity index (χ1v) is 6.40. The second-order valence-electron chi connectivity index (χ2n) is 3.48. The molecular formula is C10H13NO4S. The van der Waals surface area contributed by atoms with Gasteiger partial charge in [0.1, 0.15) is 5.75 Å². The molecule has 1 rings (SSSR count). The predicted molar refractivity (Wildman–Crippen MR) is 59.5 cm³/mol. The number of carbonyl (C=O) groups excluding carboxylic acids is 1. The first-order valence-electron chi connectivity index (χ1n) is 4.58. The Kier molecular flexibility index (Phi) is 3.54. The summed E-state index contributed by atoms with van der Waals surface area (Å²) in [6.45, 7) is 1.64. The maximum absolute atomic E-state index is 11.0.